The van der Waals surface area contributed by atoms with Crippen molar-refractivity contribution < 1.29 is 93.2 Å². The number of carbonyl (C=O) groups excluding carboxylic acids is 7. The Hall–Kier alpha value is -10.9. The number of carbonyl (C=O) groups is 7. The maximum atomic E-state index is 14.5. The van der Waals surface area contributed by atoms with Gasteiger partial charge in [-0.05, 0) is 160 Å². The van der Waals surface area contributed by atoms with Gasteiger partial charge in [0.2, 0.25) is 17.7 Å². The number of anilines is 9. The minimum atomic E-state index is -4.87. The van der Waals surface area contributed by atoms with Gasteiger partial charge < -0.3 is 51.2 Å². The zero-order valence-corrected chi connectivity index (χ0v) is 67.4. The Labute approximate surface area is 679 Å². The number of phosphoric ester groups is 2. The smallest absolute Gasteiger partial charge is 0.435 e. The SMILES string of the molecule is CC(C)(C)OP(=O)(OCN1C(=O)C/C(=C\c2cnn3c(NC4CC4)cc(Nc4cc(Cl)ccc4F)nc23)C1=O)OC(C)(C)C.CCOC(=O)OCN1C(=O)C/C(=C\c2cnn3c(NC4CC4)cc(Nc4cc(Cl)ccc4F)nc23)C1=O.O=C1C/C(=C\c2cnn3c(NC4CC4)cc(Nc4cc(Cl)ccc4F)nc23)C(=O)N1COP(=O)(O)O. The van der Waals surface area contributed by atoms with Gasteiger partial charge in [-0.25, -0.2) is 46.9 Å². The average Bonchev–Trinajstić information content (AvgIpc) is 1.50. The molecule has 3 aliphatic heterocycles. The molecule has 3 aromatic carbocycles. The van der Waals surface area contributed by atoms with E-state index in [-0.39, 0.29) is 83.6 Å². The van der Waals surface area contributed by atoms with Crippen molar-refractivity contribution in [2.45, 2.75) is 136 Å². The van der Waals surface area contributed by atoms with Crippen molar-refractivity contribution in [3.63, 3.8) is 0 Å². The zero-order chi connectivity index (χ0) is 83.7. The summed E-state index contributed by atoms with van der Waals surface area (Å²) in [5.41, 5.74) is 1.44. The number of amides is 6. The third-order valence-electron chi connectivity index (χ3n) is 17.4. The summed E-state index contributed by atoms with van der Waals surface area (Å²) in [6.45, 7) is 9.77. The molecular formula is C74H76Cl3F3N18O17P2. The molecule has 8 N–H and O–H groups in total. The predicted octanol–water partition coefficient (Wildman–Crippen LogP) is 13.9. The number of rotatable bonds is 26. The molecule has 616 valence electrons. The largest absolute Gasteiger partial charge is 0.510 e. The van der Waals surface area contributed by atoms with E-state index >= 15 is 0 Å². The minimum Gasteiger partial charge on any atom is -0.435 e. The number of nitrogens with zero attached hydrogens (tertiary/aromatic N) is 12. The molecule has 6 aliphatic rings. The van der Waals surface area contributed by atoms with E-state index in [4.69, 9.17) is 62.9 Å². The van der Waals surface area contributed by atoms with Crippen molar-refractivity contribution in [2.24, 2.45) is 0 Å². The second-order valence-electron chi connectivity index (χ2n) is 29.3. The van der Waals surface area contributed by atoms with Crippen molar-refractivity contribution in [3.05, 3.63) is 157 Å². The van der Waals surface area contributed by atoms with Crippen LogP contribution >= 0.6 is 50.4 Å². The number of hydrogen-bond acceptors (Lipinski definition) is 27. The number of benzene rings is 3. The van der Waals surface area contributed by atoms with E-state index in [0.717, 1.165) is 48.3 Å². The summed E-state index contributed by atoms with van der Waals surface area (Å²) >= 11 is 18.1. The van der Waals surface area contributed by atoms with Gasteiger partial charge in [0, 0.05) is 84.8 Å². The molecule has 0 unspecified atom stereocenters. The van der Waals surface area contributed by atoms with Crippen LogP contribution in [0.4, 0.5) is 69.9 Å². The van der Waals surface area contributed by atoms with Crippen LogP contribution in [0.1, 0.15) is 123 Å². The van der Waals surface area contributed by atoms with Gasteiger partial charge in [0.05, 0.1) is 72.7 Å². The topological polar surface area (TPSA) is 422 Å². The molecule has 3 saturated carbocycles. The lowest BCUT2D eigenvalue weighted by molar-refractivity contribution is -0.144. The number of halogens is 6. The number of imide groups is 3. The predicted molar refractivity (Wildman–Crippen MR) is 423 cm³/mol. The molecule has 15 rings (SSSR count). The van der Waals surface area contributed by atoms with E-state index in [9.17, 15) is 55.9 Å². The van der Waals surface area contributed by atoms with Gasteiger partial charge in [0.15, 0.2) is 23.7 Å². The van der Waals surface area contributed by atoms with Crippen LogP contribution in [-0.4, -0.2) is 166 Å². The van der Waals surface area contributed by atoms with E-state index < -0.39 is 106 Å². The van der Waals surface area contributed by atoms with E-state index in [1.807, 2.05) is 0 Å². The van der Waals surface area contributed by atoms with Crippen LogP contribution in [0.2, 0.25) is 15.1 Å². The monoisotopic (exact) mass is 1710 g/mol. The molecule has 35 nitrogen and oxygen atoms in total. The van der Waals surface area contributed by atoms with Crippen molar-refractivity contribution in [2.75, 3.05) is 58.7 Å². The Balaban J connectivity index is 0.000000153. The number of aromatic nitrogens is 9. The molecule has 3 saturated heterocycles. The molecule has 9 heterocycles. The number of phosphoric acid groups is 2. The summed E-state index contributed by atoms with van der Waals surface area (Å²) in [7, 11) is -9.04. The van der Waals surface area contributed by atoms with E-state index in [0.29, 0.717) is 82.7 Å². The molecule has 6 amide bonds. The van der Waals surface area contributed by atoms with E-state index in [1.54, 1.807) is 75.7 Å². The third-order valence-corrected chi connectivity index (χ3v) is 20.5. The van der Waals surface area contributed by atoms with Gasteiger partial charge >= 0.3 is 21.8 Å². The van der Waals surface area contributed by atoms with Gasteiger partial charge in [-0.1, -0.05) is 34.8 Å². The lowest BCUT2D eigenvalue weighted by Gasteiger charge is -2.31. The maximum absolute atomic E-state index is 14.5. The van der Waals surface area contributed by atoms with Crippen LogP contribution in [0.15, 0.2) is 108 Å². The highest BCUT2D eigenvalue weighted by Gasteiger charge is 2.43. The second-order valence-corrected chi connectivity index (χ2v) is 33.4. The lowest BCUT2D eigenvalue weighted by atomic mass is 10.1. The van der Waals surface area contributed by atoms with Crippen molar-refractivity contribution in [1.29, 1.82) is 0 Å². The molecule has 0 spiro atoms. The standard InChI is InChI=1S/C29H35ClFN6O6P.C24H22ClFN6O5.C21H19ClFN6O6P/c1-28(2,3)42-44(40,43-29(4,5)6)41-16-36-25(38)12-17(27(36)39)11-18-15-32-37-24(33-20-8-9-20)14-23(35-26(18)37)34-22-13-19(30)7-10-21(22)31;1-2-36-24(35)37-12-31-21(33)8-13(23(31)34)7-14-11-27-32-20(28-16-4-5-16)10-19(30-22(14)32)29-18-9-15(25)3-6-17(18)26;22-13-1-4-15(23)16(7-13)26-17-8-18(25-14-2-3-14)29-20(27-17)12(9-24-29)5-11-6-19(30)28(21(11)31)10-35-36(32,33)34/h7,10-11,13-15,20,33H,8-9,12,16H2,1-6H3,(H,34,35);3,6-7,9-11,16,28H,2,4-5,8,12H2,1H3,(H,29,30);1,4-5,7-9,14,25H,2-3,6,10H2,(H,26,27)(H2,32,33,34)/b17-11+;13-7+;11-5+. The summed E-state index contributed by atoms with van der Waals surface area (Å²) in [5.74, 6) is -2.47. The van der Waals surface area contributed by atoms with Crippen LogP contribution in [0.5, 0.6) is 0 Å². The first-order valence-corrected chi connectivity index (χ1v) is 40.4. The first-order valence-electron chi connectivity index (χ1n) is 36.3. The number of hydrogen-bond donors (Lipinski definition) is 8. The third kappa shape index (κ3) is 21.5. The summed E-state index contributed by atoms with van der Waals surface area (Å²) in [6.07, 6.45) is 13.3. The van der Waals surface area contributed by atoms with Crippen LogP contribution < -0.4 is 31.9 Å². The molecule has 0 atom stereocenters. The Morgan fingerprint density at radius 2 is 0.812 bits per heavy atom. The number of nitrogens with one attached hydrogen (secondary N) is 6. The quantitative estimate of drug-likeness (QED) is 0.0108. The Kier molecular flexibility index (Phi) is 24.7. The molecule has 6 aromatic heterocycles. The van der Waals surface area contributed by atoms with E-state index in [2.05, 4.69) is 71.4 Å². The van der Waals surface area contributed by atoms with Gasteiger partial charge in [-0.2, -0.15) is 28.8 Å². The van der Waals surface area contributed by atoms with Crippen LogP contribution in [0.25, 0.3) is 35.2 Å². The van der Waals surface area contributed by atoms with Crippen molar-refractivity contribution >= 4 is 179 Å². The number of likely N-dealkylation sites (tertiary alicyclic amines) is 3. The molecular weight excluding hydrogens is 1640 g/mol. The normalized spacial score (nSPS) is 17.1. The highest BCUT2D eigenvalue weighted by Crippen LogP contribution is 2.56. The number of ether oxygens (including phenoxy) is 2. The number of fused-ring (bicyclic) bond motifs is 3. The summed E-state index contributed by atoms with van der Waals surface area (Å²) in [6, 6.07) is 18.3. The molecule has 0 bridgehead atoms. The lowest BCUT2D eigenvalue weighted by Crippen LogP contribution is -2.33. The van der Waals surface area contributed by atoms with Gasteiger partial charge in [0.1, 0.15) is 65.8 Å². The Morgan fingerprint density at radius 3 is 1.11 bits per heavy atom. The fourth-order valence-electron chi connectivity index (χ4n) is 11.7. The highest BCUT2D eigenvalue weighted by molar-refractivity contribution is 7.48. The second kappa shape index (κ2) is 34.4. The molecule has 3 aliphatic carbocycles. The zero-order valence-electron chi connectivity index (χ0n) is 63.4. The highest BCUT2D eigenvalue weighted by atomic mass is 35.5. The van der Waals surface area contributed by atoms with Gasteiger partial charge in [-0.3, -0.25) is 56.7 Å². The fraction of sp³-hybridized carbons (Fsp3) is 0.338. The maximum Gasteiger partial charge on any atom is 0.510 e. The molecule has 43 heteroatoms. The molecule has 117 heavy (non-hydrogen) atoms. The van der Waals surface area contributed by atoms with Crippen molar-refractivity contribution in [1.82, 2.24) is 58.5 Å². The fourth-order valence-corrected chi connectivity index (χ4v) is 14.2. The first kappa shape index (κ1) is 84.0. The van der Waals surface area contributed by atoms with Crippen molar-refractivity contribution in [3.8, 4) is 0 Å². The van der Waals surface area contributed by atoms with Gasteiger partial charge in [-0.15, -0.1) is 0 Å². The molecule has 9 aromatic rings. The Bertz CT molecular complexity index is 5660. The minimum absolute atomic E-state index is 0.0713. The van der Waals surface area contributed by atoms with Gasteiger partial charge in [0.25, 0.3) is 17.7 Å². The summed E-state index contributed by atoms with van der Waals surface area (Å²) in [4.78, 5) is 121. The summed E-state index contributed by atoms with van der Waals surface area (Å²) < 4.78 is 103. The van der Waals surface area contributed by atoms with Crippen LogP contribution in [-0.2, 0) is 65.5 Å². The van der Waals surface area contributed by atoms with Crippen LogP contribution in [0.3, 0.4) is 0 Å². The first-order chi connectivity index (χ1) is 55.4. The molecule has 0 radical (unpaired) electrons. The summed E-state index contributed by atoms with van der Waals surface area (Å²) in [5, 5.41) is 33.1. The average molecular weight is 1710 g/mol. The van der Waals surface area contributed by atoms with E-state index in [1.165, 1.54) is 95.9 Å². The van der Waals surface area contributed by atoms with Crippen LogP contribution in [0, 0.1) is 17.5 Å². The Morgan fingerprint density at radius 1 is 0.496 bits per heavy atom. The molecule has 6 fully saturated rings.